The van der Waals surface area contributed by atoms with Crippen LogP contribution in [0.25, 0.3) is 0 Å². The molecular formula is C16H20BrNS. The second-order valence-electron chi connectivity index (χ2n) is 4.60. The highest BCUT2D eigenvalue weighted by Crippen LogP contribution is 2.32. The van der Waals surface area contributed by atoms with Crippen molar-refractivity contribution in [2.24, 2.45) is 0 Å². The first-order valence-corrected chi connectivity index (χ1v) is 8.34. The summed E-state index contributed by atoms with van der Waals surface area (Å²) in [4.78, 5) is 1.35. The number of aryl methyl sites for hydroxylation is 2. The minimum Gasteiger partial charge on any atom is -0.309 e. The molecule has 0 radical (unpaired) electrons. The van der Waals surface area contributed by atoms with Crippen LogP contribution < -0.4 is 5.32 Å². The van der Waals surface area contributed by atoms with Gasteiger partial charge in [-0.25, -0.2) is 0 Å². The lowest BCUT2D eigenvalue weighted by Crippen LogP contribution is -2.16. The van der Waals surface area contributed by atoms with Crippen molar-refractivity contribution in [1.29, 1.82) is 0 Å². The fourth-order valence-electron chi connectivity index (χ4n) is 2.46. The zero-order chi connectivity index (χ0) is 13.8. The van der Waals surface area contributed by atoms with Crippen LogP contribution in [0.4, 0.5) is 0 Å². The lowest BCUT2D eigenvalue weighted by Gasteiger charge is -2.17. The standard InChI is InChI=1S/C16H20BrNS/c1-4-11-6-7-13(10-12(11)5-2)16(18-3)14-8-9-15(17)19-14/h6-10,16,18H,4-5H2,1-3H3. The van der Waals surface area contributed by atoms with E-state index in [1.807, 2.05) is 7.05 Å². The molecule has 0 saturated carbocycles. The predicted octanol–water partition coefficient (Wildman–Crippen LogP) is 4.94. The zero-order valence-electron chi connectivity index (χ0n) is 11.7. The van der Waals surface area contributed by atoms with Gasteiger partial charge in [0.05, 0.1) is 9.83 Å². The van der Waals surface area contributed by atoms with E-state index in [1.54, 1.807) is 11.3 Å². The Morgan fingerprint density at radius 2 is 1.84 bits per heavy atom. The van der Waals surface area contributed by atoms with Crippen molar-refractivity contribution in [3.63, 3.8) is 0 Å². The Labute approximate surface area is 128 Å². The van der Waals surface area contributed by atoms with Gasteiger partial charge < -0.3 is 5.32 Å². The molecular weight excluding hydrogens is 318 g/mol. The monoisotopic (exact) mass is 337 g/mol. The molecule has 0 bridgehead atoms. The van der Waals surface area contributed by atoms with E-state index in [2.05, 4.69) is 65.4 Å². The van der Waals surface area contributed by atoms with Gasteiger partial charge in [0, 0.05) is 4.88 Å². The molecule has 1 atom stereocenters. The number of hydrogen-bond donors (Lipinski definition) is 1. The van der Waals surface area contributed by atoms with Crippen molar-refractivity contribution < 1.29 is 0 Å². The highest BCUT2D eigenvalue weighted by Gasteiger charge is 2.15. The number of benzene rings is 1. The summed E-state index contributed by atoms with van der Waals surface area (Å²) in [6.45, 7) is 4.45. The van der Waals surface area contributed by atoms with E-state index in [9.17, 15) is 0 Å². The largest absolute Gasteiger partial charge is 0.309 e. The molecule has 0 aliphatic carbocycles. The number of halogens is 1. The van der Waals surface area contributed by atoms with Gasteiger partial charge in [-0.15, -0.1) is 11.3 Å². The first-order valence-electron chi connectivity index (χ1n) is 6.73. The van der Waals surface area contributed by atoms with Gasteiger partial charge in [-0.05, 0) is 64.6 Å². The first-order chi connectivity index (χ1) is 9.19. The topological polar surface area (TPSA) is 12.0 Å². The van der Waals surface area contributed by atoms with Gasteiger partial charge in [-0.2, -0.15) is 0 Å². The van der Waals surface area contributed by atoms with Crippen LogP contribution in [0, 0.1) is 0 Å². The Hall–Kier alpha value is -0.640. The van der Waals surface area contributed by atoms with Crippen molar-refractivity contribution in [3.8, 4) is 0 Å². The van der Waals surface area contributed by atoms with Crippen LogP contribution in [0.5, 0.6) is 0 Å². The van der Waals surface area contributed by atoms with Gasteiger partial charge in [-0.3, -0.25) is 0 Å². The highest BCUT2D eigenvalue weighted by atomic mass is 79.9. The molecule has 1 aromatic carbocycles. The summed E-state index contributed by atoms with van der Waals surface area (Å²) in [6, 6.07) is 11.5. The van der Waals surface area contributed by atoms with E-state index in [-0.39, 0.29) is 6.04 Å². The van der Waals surface area contributed by atoms with Crippen LogP contribution in [-0.4, -0.2) is 7.05 Å². The zero-order valence-corrected chi connectivity index (χ0v) is 14.1. The average molecular weight is 338 g/mol. The molecule has 1 N–H and O–H groups in total. The van der Waals surface area contributed by atoms with E-state index in [1.165, 1.54) is 25.4 Å². The third kappa shape index (κ3) is 3.28. The molecule has 1 aromatic heterocycles. The number of nitrogens with one attached hydrogen (secondary N) is 1. The van der Waals surface area contributed by atoms with E-state index in [0.29, 0.717) is 0 Å². The van der Waals surface area contributed by atoms with E-state index in [4.69, 9.17) is 0 Å². The van der Waals surface area contributed by atoms with Crippen molar-refractivity contribution in [2.75, 3.05) is 7.05 Å². The summed E-state index contributed by atoms with van der Waals surface area (Å²) in [5.41, 5.74) is 4.29. The smallest absolute Gasteiger partial charge is 0.0702 e. The van der Waals surface area contributed by atoms with E-state index in [0.717, 1.165) is 12.8 Å². The maximum atomic E-state index is 3.54. The molecule has 0 fully saturated rings. The van der Waals surface area contributed by atoms with Crippen molar-refractivity contribution in [2.45, 2.75) is 32.7 Å². The minimum absolute atomic E-state index is 0.285. The van der Waals surface area contributed by atoms with Crippen LogP contribution in [0.3, 0.4) is 0 Å². The second-order valence-corrected chi connectivity index (χ2v) is 7.09. The molecule has 19 heavy (non-hydrogen) atoms. The van der Waals surface area contributed by atoms with Crippen LogP contribution >= 0.6 is 27.3 Å². The van der Waals surface area contributed by atoms with E-state index >= 15 is 0 Å². The summed E-state index contributed by atoms with van der Waals surface area (Å²) >= 11 is 5.34. The molecule has 1 nitrogen and oxygen atoms in total. The van der Waals surface area contributed by atoms with Crippen LogP contribution in [0.2, 0.25) is 0 Å². The lowest BCUT2D eigenvalue weighted by molar-refractivity contribution is 0.702. The fourth-order valence-corrected chi connectivity index (χ4v) is 4.02. The highest BCUT2D eigenvalue weighted by molar-refractivity contribution is 9.11. The average Bonchev–Trinajstić information content (AvgIpc) is 2.86. The van der Waals surface area contributed by atoms with Crippen LogP contribution in [-0.2, 0) is 12.8 Å². The van der Waals surface area contributed by atoms with E-state index < -0.39 is 0 Å². The molecule has 1 unspecified atom stereocenters. The molecule has 0 amide bonds. The van der Waals surface area contributed by atoms with Gasteiger partial charge in [0.15, 0.2) is 0 Å². The number of thiophene rings is 1. The molecule has 3 heteroatoms. The quantitative estimate of drug-likeness (QED) is 0.814. The number of hydrogen-bond acceptors (Lipinski definition) is 2. The molecule has 0 saturated heterocycles. The SMILES string of the molecule is CCc1ccc(C(NC)c2ccc(Br)s2)cc1CC. The summed E-state index contributed by atoms with van der Waals surface area (Å²) in [6.07, 6.45) is 2.21. The van der Waals surface area contributed by atoms with Gasteiger partial charge in [0.1, 0.15) is 0 Å². The third-order valence-corrected chi connectivity index (χ3v) is 5.18. The van der Waals surface area contributed by atoms with Crippen molar-refractivity contribution >= 4 is 27.3 Å². The molecule has 102 valence electrons. The Kier molecular flexibility index (Phi) is 5.20. The summed E-state index contributed by atoms with van der Waals surface area (Å²) in [5, 5.41) is 3.43. The fraction of sp³-hybridized carbons (Fsp3) is 0.375. The van der Waals surface area contributed by atoms with Gasteiger partial charge in [-0.1, -0.05) is 32.0 Å². The summed E-state index contributed by atoms with van der Waals surface area (Å²) < 4.78 is 1.18. The second kappa shape index (κ2) is 6.69. The Balaban J connectivity index is 2.38. The Bertz CT molecular complexity index is 547. The lowest BCUT2D eigenvalue weighted by atomic mass is 9.96. The normalized spacial score (nSPS) is 12.6. The van der Waals surface area contributed by atoms with Crippen molar-refractivity contribution in [1.82, 2.24) is 5.32 Å². The predicted molar refractivity (Wildman–Crippen MR) is 88.1 cm³/mol. The van der Waals surface area contributed by atoms with Gasteiger partial charge >= 0.3 is 0 Å². The maximum absolute atomic E-state index is 3.54. The van der Waals surface area contributed by atoms with Crippen LogP contribution in [0.15, 0.2) is 34.1 Å². The molecule has 2 rings (SSSR count). The van der Waals surface area contributed by atoms with Gasteiger partial charge in [0.2, 0.25) is 0 Å². The van der Waals surface area contributed by atoms with Gasteiger partial charge in [0.25, 0.3) is 0 Å². The molecule has 2 aromatic rings. The molecule has 0 spiro atoms. The maximum Gasteiger partial charge on any atom is 0.0702 e. The molecule has 1 heterocycles. The number of rotatable bonds is 5. The Morgan fingerprint density at radius 3 is 2.37 bits per heavy atom. The third-order valence-electron chi connectivity index (χ3n) is 3.49. The Morgan fingerprint density at radius 1 is 1.11 bits per heavy atom. The molecule has 0 aliphatic rings. The van der Waals surface area contributed by atoms with Crippen LogP contribution in [0.1, 0.15) is 41.5 Å². The minimum atomic E-state index is 0.285. The first kappa shape index (κ1) is 14.8. The molecule has 0 aliphatic heterocycles. The summed E-state index contributed by atoms with van der Waals surface area (Å²) in [5.74, 6) is 0. The summed E-state index contributed by atoms with van der Waals surface area (Å²) in [7, 11) is 2.03. The van der Waals surface area contributed by atoms with Crippen molar-refractivity contribution in [3.05, 3.63) is 55.7 Å².